The van der Waals surface area contributed by atoms with Gasteiger partial charge in [0.1, 0.15) is 0 Å². The maximum atomic E-state index is 3.87. The topological polar surface area (TPSA) is 0 Å². The van der Waals surface area contributed by atoms with Crippen LogP contribution in [0.5, 0.6) is 0 Å². The van der Waals surface area contributed by atoms with Gasteiger partial charge in [-0.15, -0.1) is 0 Å². The Labute approximate surface area is 112 Å². The Kier molecular flexibility index (Phi) is 4.61. The third-order valence-electron chi connectivity index (χ3n) is 3.08. The average molecular weight is 290 g/mol. The summed E-state index contributed by atoms with van der Waals surface area (Å²) in [5.41, 5.74) is 1.45. The first-order chi connectivity index (χ1) is 8.29. The second kappa shape index (κ2) is 6.20. The van der Waals surface area contributed by atoms with Gasteiger partial charge in [-0.25, -0.2) is 0 Å². The van der Waals surface area contributed by atoms with Gasteiger partial charge in [-0.3, -0.25) is 0 Å². The number of hydrogen-bond donors (Lipinski definition) is 0. The van der Waals surface area contributed by atoms with E-state index in [1.807, 2.05) is 0 Å². The van der Waals surface area contributed by atoms with E-state index in [2.05, 4.69) is 59.3 Å². The number of hydrogen-bond acceptors (Lipinski definition) is 0. The molecule has 0 aromatic heterocycles. The predicted octanol–water partition coefficient (Wildman–Crippen LogP) is 5.54. The summed E-state index contributed by atoms with van der Waals surface area (Å²) in [7, 11) is 0. The Bertz CT molecular complexity index is 488. The van der Waals surface area contributed by atoms with Crippen molar-refractivity contribution in [2.45, 2.75) is 32.1 Å². The van der Waals surface area contributed by atoms with Crippen LogP contribution < -0.4 is 0 Å². The molecule has 17 heavy (non-hydrogen) atoms. The van der Waals surface area contributed by atoms with Crippen LogP contribution in [0.1, 0.15) is 31.2 Å². The van der Waals surface area contributed by atoms with Crippen molar-refractivity contribution in [1.29, 1.82) is 0 Å². The highest BCUT2D eigenvalue weighted by Gasteiger charge is 1.98. The summed E-state index contributed by atoms with van der Waals surface area (Å²) in [6, 6.07) is 13.2. The molecular weight excluding hydrogens is 272 g/mol. The fourth-order valence-electron chi connectivity index (χ4n) is 2.10. The van der Waals surface area contributed by atoms with Gasteiger partial charge in [0.05, 0.1) is 0 Å². The maximum Gasteiger partial charge on any atom is 0.0181 e. The Morgan fingerprint density at radius 1 is 0.882 bits per heavy atom. The Morgan fingerprint density at radius 2 is 1.65 bits per heavy atom. The monoisotopic (exact) mass is 289 g/mol. The van der Waals surface area contributed by atoms with Crippen molar-refractivity contribution in [2.24, 2.45) is 0 Å². The van der Waals surface area contributed by atoms with Crippen LogP contribution in [-0.2, 0) is 6.42 Å². The molecular formula is C16H18Br. The summed E-state index contributed by atoms with van der Waals surface area (Å²) in [5.74, 6) is 0. The van der Waals surface area contributed by atoms with Crippen LogP contribution in [0.15, 0.2) is 40.9 Å². The van der Waals surface area contributed by atoms with E-state index in [0.29, 0.717) is 0 Å². The normalized spacial score (nSPS) is 10.9. The highest BCUT2D eigenvalue weighted by molar-refractivity contribution is 9.10. The van der Waals surface area contributed by atoms with E-state index in [4.69, 9.17) is 0 Å². The average Bonchev–Trinajstić information content (AvgIpc) is 2.35. The van der Waals surface area contributed by atoms with E-state index in [-0.39, 0.29) is 0 Å². The molecule has 0 nitrogen and oxygen atoms in total. The van der Waals surface area contributed by atoms with Gasteiger partial charge in [0.15, 0.2) is 0 Å². The zero-order valence-electron chi connectivity index (χ0n) is 10.1. The summed E-state index contributed by atoms with van der Waals surface area (Å²) >= 11 is 3.50. The second-order valence-corrected chi connectivity index (χ2v) is 5.41. The zero-order valence-corrected chi connectivity index (χ0v) is 11.7. The molecule has 1 heteroatoms. The lowest BCUT2D eigenvalue weighted by Crippen LogP contribution is -1.86. The van der Waals surface area contributed by atoms with Crippen LogP contribution in [0, 0.1) is 6.92 Å². The maximum absolute atomic E-state index is 3.87. The molecule has 0 aliphatic rings. The molecule has 0 spiro atoms. The molecule has 0 N–H and O–H groups in total. The lowest BCUT2D eigenvalue weighted by molar-refractivity contribution is 0.686. The van der Waals surface area contributed by atoms with Crippen molar-refractivity contribution in [3.8, 4) is 0 Å². The molecule has 89 valence electrons. The Hall–Kier alpha value is -0.820. The summed E-state index contributed by atoms with van der Waals surface area (Å²) < 4.78 is 1.15. The van der Waals surface area contributed by atoms with Gasteiger partial charge in [-0.2, -0.15) is 0 Å². The van der Waals surface area contributed by atoms with Crippen LogP contribution in [-0.4, -0.2) is 0 Å². The van der Waals surface area contributed by atoms with Crippen molar-refractivity contribution in [3.05, 3.63) is 53.4 Å². The lowest BCUT2D eigenvalue weighted by Gasteiger charge is -2.04. The van der Waals surface area contributed by atoms with Gasteiger partial charge < -0.3 is 0 Å². The Balaban J connectivity index is 2.07. The molecule has 0 aliphatic heterocycles. The van der Waals surface area contributed by atoms with E-state index in [1.165, 1.54) is 42.0 Å². The van der Waals surface area contributed by atoms with Crippen LogP contribution in [0.2, 0.25) is 0 Å². The fraction of sp³-hybridized carbons (Fsp3) is 0.312. The first kappa shape index (κ1) is 12.6. The minimum atomic E-state index is 1.06. The molecule has 0 atom stereocenters. The van der Waals surface area contributed by atoms with Crippen molar-refractivity contribution >= 4 is 26.7 Å². The number of halogens is 1. The van der Waals surface area contributed by atoms with E-state index >= 15 is 0 Å². The molecule has 2 rings (SSSR count). The van der Waals surface area contributed by atoms with Crippen LogP contribution >= 0.6 is 15.9 Å². The van der Waals surface area contributed by atoms with Crippen LogP contribution in [0.4, 0.5) is 0 Å². The van der Waals surface area contributed by atoms with Crippen LogP contribution in [0.25, 0.3) is 10.8 Å². The standard InChI is InChI=1S/C16H18Br/c1-2-3-4-5-6-13-7-8-15-12-16(17)10-9-14(15)11-13/h7-12H,1-6H2. The first-order valence-corrected chi connectivity index (χ1v) is 7.06. The van der Waals surface area contributed by atoms with Crippen LogP contribution in [0.3, 0.4) is 0 Å². The minimum absolute atomic E-state index is 1.06. The summed E-state index contributed by atoms with van der Waals surface area (Å²) in [6.07, 6.45) is 6.07. The first-order valence-electron chi connectivity index (χ1n) is 6.27. The van der Waals surface area contributed by atoms with Crippen molar-refractivity contribution in [1.82, 2.24) is 0 Å². The number of aryl methyl sites for hydroxylation is 1. The predicted molar refractivity (Wildman–Crippen MR) is 79.2 cm³/mol. The molecule has 0 saturated carbocycles. The highest BCUT2D eigenvalue weighted by Crippen LogP contribution is 2.21. The molecule has 0 fully saturated rings. The molecule has 0 amide bonds. The molecule has 0 saturated heterocycles. The molecule has 1 radical (unpaired) electrons. The van der Waals surface area contributed by atoms with Gasteiger partial charge in [0.25, 0.3) is 0 Å². The van der Waals surface area contributed by atoms with E-state index in [1.54, 1.807) is 0 Å². The minimum Gasteiger partial charge on any atom is -0.0584 e. The SMILES string of the molecule is [CH2]CCCCCc1ccc2cc(Br)ccc2c1. The fourth-order valence-corrected chi connectivity index (χ4v) is 2.48. The van der Waals surface area contributed by atoms with Crippen molar-refractivity contribution in [2.75, 3.05) is 0 Å². The molecule has 0 unspecified atom stereocenters. The summed E-state index contributed by atoms with van der Waals surface area (Å²) in [4.78, 5) is 0. The van der Waals surface area contributed by atoms with E-state index in [9.17, 15) is 0 Å². The van der Waals surface area contributed by atoms with E-state index < -0.39 is 0 Å². The molecule has 2 aromatic carbocycles. The third-order valence-corrected chi connectivity index (χ3v) is 3.58. The molecule has 0 aliphatic carbocycles. The smallest absolute Gasteiger partial charge is 0.0181 e. The summed E-state index contributed by atoms with van der Waals surface area (Å²) in [6.45, 7) is 3.87. The summed E-state index contributed by atoms with van der Waals surface area (Å²) in [5, 5.41) is 2.64. The van der Waals surface area contributed by atoms with Gasteiger partial charge in [-0.1, -0.05) is 66.4 Å². The van der Waals surface area contributed by atoms with Gasteiger partial charge in [0, 0.05) is 4.47 Å². The molecule has 2 aromatic rings. The number of unbranched alkanes of at least 4 members (excludes halogenated alkanes) is 3. The number of fused-ring (bicyclic) bond motifs is 1. The quantitative estimate of drug-likeness (QED) is 0.634. The number of benzene rings is 2. The molecule has 0 bridgehead atoms. The second-order valence-electron chi connectivity index (χ2n) is 4.49. The largest absolute Gasteiger partial charge is 0.0584 e. The van der Waals surface area contributed by atoms with Gasteiger partial charge in [0.2, 0.25) is 0 Å². The van der Waals surface area contributed by atoms with E-state index in [0.717, 1.165) is 10.9 Å². The lowest BCUT2D eigenvalue weighted by atomic mass is 10.0. The van der Waals surface area contributed by atoms with Crippen molar-refractivity contribution < 1.29 is 0 Å². The zero-order chi connectivity index (χ0) is 12.1. The number of rotatable bonds is 5. The van der Waals surface area contributed by atoms with Gasteiger partial charge in [-0.05, 0) is 41.3 Å². The van der Waals surface area contributed by atoms with Crippen molar-refractivity contribution in [3.63, 3.8) is 0 Å². The van der Waals surface area contributed by atoms with Gasteiger partial charge >= 0.3 is 0 Å². The highest BCUT2D eigenvalue weighted by atomic mass is 79.9. The Morgan fingerprint density at radius 3 is 2.47 bits per heavy atom. The third kappa shape index (κ3) is 3.57. The molecule has 0 heterocycles.